The summed E-state index contributed by atoms with van der Waals surface area (Å²) in [6, 6.07) is 7.01. The van der Waals surface area contributed by atoms with Crippen molar-refractivity contribution in [2.75, 3.05) is 17.7 Å². The lowest BCUT2D eigenvalue weighted by Gasteiger charge is -2.14. The molecule has 3 heterocycles. The number of hydrogen-bond donors (Lipinski definition) is 2. The van der Waals surface area contributed by atoms with Crippen LogP contribution in [0.4, 0.5) is 17.1 Å². The van der Waals surface area contributed by atoms with E-state index in [1.54, 1.807) is 66.1 Å². The highest BCUT2D eigenvalue weighted by Crippen LogP contribution is 2.29. The van der Waals surface area contributed by atoms with E-state index in [4.69, 9.17) is 4.74 Å². The highest BCUT2D eigenvalue weighted by molar-refractivity contribution is 5.99. The molecule has 0 fully saturated rings. The van der Waals surface area contributed by atoms with Gasteiger partial charge in [0.2, 0.25) is 5.91 Å². The van der Waals surface area contributed by atoms with Gasteiger partial charge in [-0.25, -0.2) is 14.2 Å². The van der Waals surface area contributed by atoms with E-state index in [2.05, 4.69) is 27.3 Å². The summed E-state index contributed by atoms with van der Waals surface area (Å²) in [6.07, 6.45) is 6.35. The Bertz CT molecular complexity index is 1410. The Balaban J connectivity index is 1.92. The molecule has 0 aliphatic heterocycles. The van der Waals surface area contributed by atoms with Crippen LogP contribution in [0.3, 0.4) is 0 Å². The second kappa shape index (κ2) is 8.65. The summed E-state index contributed by atoms with van der Waals surface area (Å²) in [6.45, 7) is 7.48. The fourth-order valence-corrected chi connectivity index (χ4v) is 3.56. The molecule has 0 aliphatic rings. The fraction of sp³-hybridized carbons (Fsp3) is 0.217. The van der Waals surface area contributed by atoms with Crippen molar-refractivity contribution in [2.45, 2.75) is 19.8 Å². The number of methoxy groups -OCH3 is 1. The minimum absolute atomic E-state index is 0.0718. The third kappa shape index (κ3) is 4.10. The highest BCUT2D eigenvalue weighted by Gasteiger charge is 2.19. The van der Waals surface area contributed by atoms with Crippen LogP contribution in [0.1, 0.15) is 25.5 Å². The van der Waals surface area contributed by atoms with Crippen LogP contribution in [0.2, 0.25) is 0 Å². The fourth-order valence-electron chi connectivity index (χ4n) is 3.56. The van der Waals surface area contributed by atoms with Gasteiger partial charge < -0.3 is 15.4 Å². The maximum Gasteiger partial charge on any atom is 0.338 e. The van der Waals surface area contributed by atoms with Gasteiger partial charge in [-0.15, -0.1) is 5.10 Å². The Morgan fingerprint density at radius 3 is 2.73 bits per heavy atom. The van der Waals surface area contributed by atoms with E-state index in [1.807, 2.05) is 13.8 Å². The first-order valence-electron chi connectivity index (χ1n) is 10.3. The molecular weight excluding hydrogens is 422 g/mol. The van der Waals surface area contributed by atoms with Crippen LogP contribution < -0.4 is 21.1 Å². The molecule has 170 valence electrons. The first-order valence-corrected chi connectivity index (χ1v) is 10.3. The number of carbonyl (C=O) groups is 1. The highest BCUT2D eigenvalue weighted by atomic mass is 16.5. The number of carbonyl (C=O) groups excluding carboxylic acids is 1. The average molecular weight is 447 g/mol. The number of benzene rings is 1. The normalized spacial score (nSPS) is 11.1. The Hall–Kier alpha value is -4.34. The summed E-state index contributed by atoms with van der Waals surface area (Å²) in [5.41, 5.74) is 3.34. The monoisotopic (exact) mass is 447 g/mol. The number of nitrogens with zero attached hydrogens (tertiary/aromatic N) is 5. The standard InChI is InChI=1S/C23H25N7O3/c1-6-20(31)25-15-8-7-9-16(10-15)29-13-17(26-18-12-28(4)27-22(18)33-5)21-24-11-19(14(2)3)30(21)23(29)32/h6-14,26H,1H2,2-5H3,(H,25,31). The average Bonchev–Trinajstić information content (AvgIpc) is 3.39. The van der Waals surface area contributed by atoms with Gasteiger partial charge in [0.25, 0.3) is 5.88 Å². The molecule has 1 aromatic carbocycles. The minimum Gasteiger partial charge on any atom is -0.478 e. The second-order valence-corrected chi connectivity index (χ2v) is 7.79. The Labute approximate surface area is 190 Å². The smallest absolute Gasteiger partial charge is 0.338 e. The zero-order chi connectivity index (χ0) is 23.7. The summed E-state index contributed by atoms with van der Waals surface area (Å²) < 4.78 is 10.1. The van der Waals surface area contributed by atoms with Gasteiger partial charge in [-0.3, -0.25) is 14.0 Å². The van der Waals surface area contributed by atoms with Crippen LogP contribution in [0.25, 0.3) is 11.3 Å². The zero-order valence-corrected chi connectivity index (χ0v) is 18.9. The number of hydrogen-bond acceptors (Lipinski definition) is 6. The van der Waals surface area contributed by atoms with Crippen LogP contribution in [0.5, 0.6) is 5.88 Å². The van der Waals surface area contributed by atoms with E-state index in [9.17, 15) is 9.59 Å². The van der Waals surface area contributed by atoms with E-state index in [-0.39, 0.29) is 17.5 Å². The maximum absolute atomic E-state index is 13.6. The molecule has 0 aliphatic carbocycles. The summed E-state index contributed by atoms with van der Waals surface area (Å²) in [4.78, 5) is 29.8. The number of nitrogens with one attached hydrogen (secondary N) is 2. The predicted molar refractivity (Wildman–Crippen MR) is 127 cm³/mol. The lowest BCUT2D eigenvalue weighted by atomic mass is 10.1. The molecule has 0 unspecified atom stereocenters. The number of aryl methyl sites for hydroxylation is 1. The molecule has 10 heteroatoms. The van der Waals surface area contributed by atoms with Gasteiger partial charge in [0, 0.05) is 25.1 Å². The van der Waals surface area contributed by atoms with Crippen LogP contribution in [-0.2, 0) is 11.8 Å². The molecule has 0 saturated heterocycles. The van der Waals surface area contributed by atoms with Gasteiger partial charge in [0.05, 0.1) is 30.4 Å². The van der Waals surface area contributed by atoms with Gasteiger partial charge in [-0.2, -0.15) is 0 Å². The molecule has 10 nitrogen and oxygen atoms in total. The molecule has 0 atom stereocenters. The molecule has 4 rings (SSSR count). The molecule has 0 spiro atoms. The number of aromatic nitrogens is 5. The van der Waals surface area contributed by atoms with E-state index in [0.29, 0.717) is 34.3 Å². The maximum atomic E-state index is 13.6. The van der Waals surface area contributed by atoms with Crippen molar-refractivity contribution in [3.63, 3.8) is 0 Å². The molecule has 1 amide bonds. The second-order valence-electron chi connectivity index (χ2n) is 7.79. The van der Waals surface area contributed by atoms with E-state index >= 15 is 0 Å². The summed E-state index contributed by atoms with van der Waals surface area (Å²) in [7, 11) is 3.33. The lowest BCUT2D eigenvalue weighted by Crippen LogP contribution is -2.27. The minimum atomic E-state index is -0.335. The largest absolute Gasteiger partial charge is 0.478 e. The Morgan fingerprint density at radius 1 is 1.24 bits per heavy atom. The van der Waals surface area contributed by atoms with Gasteiger partial charge in [-0.05, 0) is 30.2 Å². The summed E-state index contributed by atoms with van der Waals surface area (Å²) in [5.74, 6) is 0.151. The van der Waals surface area contributed by atoms with Crippen LogP contribution >= 0.6 is 0 Å². The van der Waals surface area contributed by atoms with Crippen molar-refractivity contribution in [3.05, 3.63) is 71.7 Å². The first-order chi connectivity index (χ1) is 15.8. The SMILES string of the molecule is C=CC(=O)Nc1cccc(-n2cc(Nc3cn(C)nc3OC)c3ncc(C(C)C)n3c2=O)c1. The van der Waals surface area contributed by atoms with Crippen molar-refractivity contribution in [3.8, 4) is 11.6 Å². The first kappa shape index (κ1) is 21.9. The molecule has 2 N–H and O–H groups in total. The third-order valence-electron chi connectivity index (χ3n) is 5.11. The van der Waals surface area contributed by atoms with Crippen LogP contribution in [0, 0.1) is 0 Å². The molecule has 3 aromatic heterocycles. The van der Waals surface area contributed by atoms with E-state index in [0.717, 1.165) is 5.69 Å². The Kier molecular flexibility index (Phi) is 5.74. The van der Waals surface area contributed by atoms with Crippen molar-refractivity contribution >= 4 is 28.6 Å². The van der Waals surface area contributed by atoms with Gasteiger partial charge in [0.15, 0.2) is 5.65 Å². The summed E-state index contributed by atoms with van der Waals surface area (Å²) >= 11 is 0. The number of imidazole rings is 1. The molecular formula is C23H25N7O3. The van der Waals surface area contributed by atoms with Crippen molar-refractivity contribution in [1.29, 1.82) is 0 Å². The van der Waals surface area contributed by atoms with E-state index in [1.165, 1.54) is 10.6 Å². The van der Waals surface area contributed by atoms with Crippen molar-refractivity contribution < 1.29 is 9.53 Å². The molecule has 0 saturated carbocycles. The van der Waals surface area contributed by atoms with Crippen LogP contribution in [-0.4, -0.2) is 36.7 Å². The van der Waals surface area contributed by atoms with Crippen LogP contribution in [0.15, 0.2) is 60.3 Å². The van der Waals surface area contributed by atoms with Crippen molar-refractivity contribution in [1.82, 2.24) is 23.7 Å². The number of rotatable bonds is 7. The lowest BCUT2D eigenvalue weighted by molar-refractivity contribution is -0.111. The molecule has 4 aromatic rings. The number of ether oxygens (including phenoxy) is 1. The molecule has 33 heavy (non-hydrogen) atoms. The quantitative estimate of drug-likeness (QED) is 0.421. The summed E-state index contributed by atoms with van der Waals surface area (Å²) in [5, 5.41) is 10.3. The van der Waals surface area contributed by atoms with E-state index < -0.39 is 0 Å². The van der Waals surface area contributed by atoms with Crippen molar-refractivity contribution in [2.24, 2.45) is 7.05 Å². The number of amides is 1. The number of anilines is 3. The molecule has 0 bridgehead atoms. The zero-order valence-electron chi connectivity index (χ0n) is 18.9. The van der Waals surface area contributed by atoms with Gasteiger partial charge >= 0.3 is 5.69 Å². The molecule has 0 radical (unpaired) electrons. The topological polar surface area (TPSA) is 107 Å². The van der Waals surface area contributed by atoms with Gasteiger partial charge in [0.1, 0.15) is 5.69 Å². The Morgan fingerprint density at radius 2 is 2.03 bits per heavy atom. The number of fused-ring (bicyclic) bond motifs is 1. The third-order valence-corrected chi connectivity index (χ3v) is 5.11. The van der Waals surface area contributed by atoms with Gasteiger partial charge in [-0.1, -0.05) is 26.5 Å². The predicted octanol–water partition coefficient (Wildman–Crippen LogP) is 3.22.